The van der Waals surface area contributed by atoms with E-state index >= 15 is 0 Å². The van der Waals surface area contributed by atoms with E-state index in [2.05, 4.69) is 36.5 Å². The molecule has 0 aromatic heterocycles. The lowest BCUT2D eigenvalue weighted by molar-refractivity contribution is -0.119. The molecule has 0 radical (unpaired) electrons. The van der Waals surface area contributed by atoms with E-state index < -0.39 is 10.0 Å². The lowest BCUT2D eigenvalue weighted by Gasteiger charge is -2.25. The van der Waals surface area contributed by atoms with Gasteiger partial charge in [-0.2, -0.15) is 11.8 Å². The molecule has 0 aliphatic heterocycles. The molecule has 5 nitrogen and oxygen atoms in total. The smallest absolute Gasteiger partial charge is 0.264 e. The third-order valence-electron chi connectivity index (χ3n) is 5.42. The first kappa shape index (κ1) is 25.8. The molecule has 180 valence electrons. The van der Waals surface area contributed by atoms with Crippen LogP contribution in [0.2, 0.25) is 0 Å². The Morgan fingerprint density at radius 3 is 2.35 bits per heavy atom. The van der Waals surface area contributed by atoms with Crippen LogP contribution in [0.1, 0.15) is 28.7 Å². The molecule has 0 aliphatic carbocycles. The molecule has 1 N–H and O–H groups in total. The number of nitrogens with one attached hydrogen (secondary N) is 1. The fourth-order valence-electron chi connectivity index (χ4n) is 3.56. The molecule has 0 heterocycles. The quantitative estimate of drug-likeness (QED) is 0.368. The van der Waals surface area contributed by atoms with Gasteiger partial charge in [-0.25, -0.2) is 8.42 Å². The summed E-state index contributed by atoms with van der Waals surface area (Å²) in [7, 11) is -3.89. The highest BCUT2D eigenvalue weighted by Gasteiger charge is 2.28. The Labute approximate surface area is 207 Å². The van der Waals surface area contributed by atoms with Gasteiger partial charge in [0, 0.05) is 12.3 Å². The minimum absolute atomic E-state index is 0.168. The molecule has 0 atom stereocenters. The van der Waals surface area contributed by atoms with Crippen molar-refractivity contribution in [1.29, 1.82) is 0 Å². The third-order valence-corrected chi connectivity index (χ3v) is 8.31. The highest BCUT2D eigenvalue weighted by Crippen LogP contribution is 2.26. The summed E-state index contributed by atoms with van der Waals surface area (Å²) >= 11 is 1.82. The summed E-state index contributed by atoms with van der Waals surface area (Å²) in [5.74, 6) is 1.53. The topological polar surface area (TPSA) is 66.5 Å². The zero-order valence-electron chi connectivity index (χ0n) is 20.0. The van der Waals surface area contributed by atoms with Crippen molar-refractivity contribution in [1.82, 2.24) is 5.32 Å². The maximum absolute atomic E-state index is 13.4. The van der Waals surface area contributed by atoms with Gasteiger partial charge in [0.25, 0.3) is 10.0 Å². The number of benzene rings is 3. The average molecular weight is 497 g/mol. The van der Waals surface area contributed by atoms with Crippen LogP contribution in [0.5, 0.6) is 0 Å². The SMILES string of the molecule is Cc1ccc(S(=O)(=O)N(CC(=O)NCCCSCc2cccc(C)c2)c2ccccc2C)cc1. The molecule has 0 unspecified atom stereocenters. The first-order chi connectivity index (χ1) is 16.3. The van der Waals surface area contributed by atoms with Crippen molar-refractivity contribution in [2.75, 3.05) is 23.1 Å². The number of hydrogen-bond donors (Lipinski definition) is 1. The molecule has 0 bridgehead atoms. The zero-order chi connectivity index (χ0) is 24.6. The molecule has 3 rings (SSSR count). The van der Waals surface area contributed by atoms with Crippen LogP contribution in [-0.2, 0) is 20.6 Å². The second-order valence-corrected chi connectivity index (χ2v) is 11.3. The fourth-order valence-corrected chi connectivity index (χ4v) is 5.95. The standard InChI is InChI=1S/C27H32N2O3S2/c1-21-12-14-25(15-13-21)34(31,32)29(26-11-5-4-9-23(26)3)19-27(30)28-16-7-17-33-20-24-10-6-8-22(2)18-24/h4-6,8-15,18H,7,16-17,19-20H2,1-3H3,(H,28,30). The van der Waals surface area contributed by atoms with Crippen molar-refractivity contribution in [3.8, 4) is 0 Å². The van der Waals surface area contributed by atoms with E-state index in [-0.39, 0.29) is 17.3 Å². The normalized spacial score (nSPS) is 11.3. The third kappa shape index (κ3) is 7.11. The Morgan fingerprint density at radius 2 is 1.65 bits per heavy atom. The summed E-state index contributed by atoms with van der Waals surface area (Å²) in [6.07, 6.45) is 0.817. The summed E-state index contributed by atoms with van der Waals surface area (Å²) in [6.45, 7) is 6.07. The van der Waals surface area contributed by atoms with Crippen molar-refractivity contribution in [2.24, 2.45) is 0 Å². The molecule has 1 amide bonds. The number of nitrogens with zero attached hydrogens (tertiary/aromatic N) is 1. The van der Waals surface area contributed by atoms with E-state index in [1.54, 1.807) is 36.4 Å². The lowest BCUT2D eigenvalue weighted by Crippen LogP contribution is -2.41. The number of carbonyl (C=O) groups excluding carboxylic acids is 1. The fraction of sp³-hybridized carbons (Fsp3) is 0.296. The number of carbonyl (C=O) groups is 1. The van der Waals surface area contributed by atoms with Crippen molar-refractivity contribution in [2.45, 2.75) is 37.8 Å². The van der Waals surface area contributed by atoms with E-state index in [1.165, 1.54) is 15.4 Å². The van der Waals surface area contributed by atoms with Gasteiger partial charge in [-0.3, -0.25) is 9.10 Å². The molecule has 0 saturated heterocycles. The highest BCUT2D eigenvalue weighted by atomic mass is 32.2. The molecular formula is C27H32N2O3S2. The minimum Gasteiger partial charge on any atom is -0.354 e. The maximum Gasteiger partial charge on any atom is 0.264 e. The Hall–Kier alpha value is -2.77. The van der Waals surface area contributed by atoms with Crippen LogP contribution in [-0.4, -0.2) is 33.2 Å². The number of anilines is 1. The van der Waals surface area contributed by atoms with Gasteiger partial charge in [-0.15, -0.1) is 0 Å². The van der Waals surface area contributed by atoms with Gasteiger partial charge >= 0.3 is 0 Å². The summed E-state index contributed by atoms with van der Waals surface area (Å²) < 4.78 is 28.1. The monoisotopic (exact) mass is 496 g/mol. The summed E-state index contributed by atoms with van der Waals surface area (Å²) in [5, 5.41) is 2.88. The second-order valence-electron chi connectivity index (χ2n) is 8.36. The number of thioether (sulfide) groups is 1. The van der Waals surface area contributed by atoms with Crippen molar-refractivity contribution < 1.29 is 13.2 Å². The Bertz CT molecular complexity index is 1210. The van der Waals surface area contributed by atoms with Crippen LogP contribution in [0.4, 0.5) is 5.69 Å². The molecular weight excluding hydrogens is 464 g/mol. The van der Waals surface area contributed by atoms with E-state index in [0.29, 0.717) is 12.2 Å². The molecule has 0 fully saturated rings. The van der Waals surface area contributed by atoms with E-state index in [4.69, 9.17) is 0 Å². The summed E-state index contributed by atoms with van der Waals surface area (Å²) in [5.41, 5.74) is 4.82. The number of aryl methyl sites for hydroxylation is 3. The van der Waals surface area contributed by atoms with Crippen LogP contribution < -0.4 is 9.62 Å². The lowest BCUT2D eigenvalue weighted by atomic mass is 10.2. The molecule has 7 heteroatoms. The van der Waals surface area contributed by atoms with E-state index in [9.17, 15) is 13.2 Å². The van der Waals surface area contributed by atoms with E-state index in [0.717, 1.165) is 29.1 Å². The van der Waals surface area contributed by atoms with Crippen molar-refractivity contribution >= 4 is 33.4 Å². The van der Waals surface area contributed by atoms with Crippen LogP contribution in [0.15, 0.2) is 77.7 Å². The van der Waals surface area contributed by atoms with Crippen molar-refractivity contribution in [3.05, 3.63) is 95.1 Å². The predicted molar refractivity (Wildman–Crippen MR) is 142 cm³/mol. The highest BCUT2D eigenvalue weighted by molar-refractivity contribution is 7.98. The molecule has 0 saturated carbocycles. The predicted octanol–water partition coefficient (Wildman–Crippen LogP) is 5.25. The summed E-state index contributed by atoms with van der Waals surface area (Å²) in [4.78, 5) is 12.9. The van der Waals surface area contributed by atoms with Crippen LogP contribution >= 0.6 is 11.8 Å². The van der Waals surface area contributed by atoms with Gasteiger partial charge in [-0.1, -0.05) is 65.7 Å². The largest absolute Gasteiger partial charge is 0.354 e. The first-order valence-electron chi connectivity index (χ1n) is 11.3. The van der Waals surface area contributed by atoms with E-state index in [1.807, 2.05) is 37.7 Å². The van der Waals surface area contributed by atoms with Gasteiger partial charge < -0.3 is 5.32 Å². The summed E-state index contributed by atoms with van der Waals surface area (Å²) in [6, 6.07) is 22.4. The van der Waals surface area contributed by atoms with Gasteiger partial charge in [-0.05, 0) is 62.3 Å². The molecule has 34 heavy (non-hydrogen) atoms. The Morgan fingerprint density at radius 1 is 0.912 bits per heavy atom. The van der Waals surface area contributed by atoms with Gasteiger partial charge in [0.15, 0.2) is 0 Å². The minimum atomic E-state index is -3.89. The molecule has 3 aromatic rings. The maximum atomic E-state index is 13.4. The number of para-hydroxylation sites is 1. The zero-order valence-corrected chi connectivity index (χ0v) is 21.6. The average Bonchev–Trinajstić information content (AvgIpc) is 2.80. The van der Waals surface area contributed by atoms with Crippen LogP contribution in [0.25, 0.3) is 0 Å². The van der Waals surface area contributed by atoms with Gasteiger partial charge in [0.2, 0.25) is 5.91 Å². The van der Waals surface area contributed by atoms with Gasteiger partial charge in [0.1, 0.15) is 6.54 Å². The van der Waals surface area contributed by atoms with Crippen LogP contribution in [0.3, 0.4) is 0 Å². The Kier molecular flexibility index (Phi) is 9.19. The molecule has 3 aromatic carbocycles. The second kappa shape index (κ2) is 12.1. The molecule has 0 aliphatic rings. The van der Waals surface area contributed by atoms with Gasteiger partial charge in [0.05, 0.1) is 10.6 Å². The number of sulfonamides is 1. The number of rotatable bonds is 11. The number of amides is 1. The molecule has 0 spiro atoms. The first-order valence-corrected chi connectivity index (χ1v) is 13.9. The Balaban J connectivity index is 1.59. The van der Waals surface area contributed by atoms with Crippen LogP contribution in [0, 0.1) is 20.8 Å². The van der Waals surface area contributed by atoms with Crippen molar-refractivity contribution in [3.63, 3.8) is 0 Å². The number of hydrogen-bond acceptors (Lipinski definition) is 4.